The highest BCUT2D eigenvalue weighted by molar-refractivity contribution is 5.38. The van der Waals surface area contributed by atoms with Crippen LogP contribution in [0.3, 0.4) is 0 Å². The molecule has 0 atom stereocenters. The van der Waals surface area contributed by atoms with E-state index in [0.29, 0.717) is 13.2 Å². The minimum atomic E-state index is -0.790. The molecule has 0 amide bonds. The number of nitrogens with two attached hydrogens (primary N) is 1. The lowest BCUT2D eigenvalue weighted by atomic mass is 10.0. The van der Waals surface area contributed by atoms with Crippen molar-refractivity contribution in [1.82, 2.24) is 0 Å². The summed E-state index contributed by atoms with van der Waals surface area (Å²) >= 11 is 0. The van der Waals surface area contributed by atoms with E-state index in [2.05, 4.69) is 0 Å². The second-order valence-corrected chi connectivity index (χ2v) is 3.40. The number of nitrogens with zero attached hydrogens (tertiary/aromatic N) is 3. The monoisotopic (exact) mass is 226 g/mol. The summed E-state index contributed by atoms with van der Waals surface area (Å²) in [4.78, 5) is 0. The molecule has 1 rings (SSSR count). The first-order valence-electron chi connectivity index (χ1n) is 4.85. The predicted octanol–water partition coefficient (Wildman–Crippen LogP) is 0.899. The van der Waals surface area contributed by atoms with E-state index in [-0.39, 0.29) is 5.70 Å². The van der Waals surface area contributed by atoms with E-state index in [4.69, 9.17) is 26.3 Å². The van der Waals surface area contributed by atoms with E-state index in [9.17, 15) is 0 Å². The van der Waals surface area contributed by atoms with Crippen LogP contribution in [0, 0.1) is 39.9 Å². The fourth-order valence-electron chi connectivity index (χ4n) is 1.34. The number of hydrogen-bond acceptors (Lipinski definition) is 5. The van der Waals surface area contributed by atoms with Crippen LogP contribution in [0.15, 0.2) is 35.1 Å². The van der Waals surface area contributed by atoms with Crippen LogP contribution in [0.25, 0.3) is 0 Å². The van der Waals surface area contributed by atoms with Crippen molar-refractivity contribution in [3.63, 3.8) is 0 Å². The Balaban J connectivity index is 2.93. The van der Waals surface area contributed by atoms with Crippen LogP contribution >= 0.6 is 0 Å². The molecule has 1 aliphatic heterocycles. The summed E-state index contributed by atoms with van der Waals surface area (Å²) < 4.78 is 5.27. The quantitative estimate of drug-likeness (QED) is 0.704. The van der Waals surface area contributed by atoms with Gasteiger partial charge in [0.25, 0.3) is 0 Å². The summed E-state index contributed by atoms with van der Waals surface area (Å²) in [5.74, 6) is -0.790. The summed E-state index contributed by atoms with van der Waals surface area (Å²) in [6, 6.07) is 5.51. The van der Waals surface area contributed by atoms with Crippen molar-refractivity contribution < 1.29 is 4.74 Å². The molecule has 5 heteroatoms. The minimum absolute atomic E-state index is 0.0956. The van der Waals surface area contributed by atoms with Gasteiger partial charge < -0.3 is 10.5 Å². The molecule has 1 heterocycles. The van der Waals surface area contributed by atoms with Crippen LogP contribution in [0.5, 0.6) is 0 Å². The fourth-order valence-corrected chi connectivity index (χ4v) is 1.34. The second kappa shape index (κ2) is 6.12. The Morgan fingerprint density at radius 3 is 2.65 bits per heavy atom. The van der Waals surface area contributed by atoms with Crippen molar-refractivity contribution >= 4 is 0 Å². The largest absolute Gasteiger partial charge is 0.390 e. The predicted molar refractivity (Wildman–Crippen MR) is 59.6 cm³/mol. The molecular formula is C12H10N4O. The van der Waals surface area contributed by atoms with Gasteiger partial charge in [-0.1, -0.05) is 6.08 Å². The topological polar surface area (TPSA) is 107 Å². The number of hydrogen-bond donors (Lipinski definition) is 1. The van der Waals surface area contributed by atoms with Gasteiger partial charge in [0.15, 0.2) is 5.92 Å². The molecule has 17 heavy (non-hydrogen) atoms. The minimum Gasteiger partial charge on any atom is -0.390 e. The zero-order valence-corrected chi connectivity index (χ0v) is 9.05. The van der Waals surface area contributed by atoms with Gasteiger partial charge in [0.05, 0.1) is 25.4 Å². The van der Waals surface area contributed by atoms with Gasteiger partial charge in [-0.15, -0.1) is 0 Å². The van der Waals surface area contributed by atoms with Crippen molar-refractivity contribution in [2.24, 2.45) is 11.7 Å². The molecule has 0 saturated heterocycles. The number of ether oxygens (including phenoxy) is 1. The average Bonchev–Trinajstić information content (AvgIpc) is 2.36. The van der Waals surface area contributed by atoms with Crippen LogP contribution in [0.4, 0.5) is 0 Å². The Kier molecular flexibility index (Phi) is 4.51. The summed E-state index contributed by atoms with van der Waals surface area (Å²) in [5.41, 5.74) is 6.96. The number of nitriles is 3. The van der Waals surface area contributed by atoms with Gasteiger partial charge in [0, 0.05) is 0 Å². The maximum atomic E-state index is 8.65. The molecule has 0 aromatic rings. The van der Waals surface area contributed by atoms with Crippen LogP contribution in [0.2, 0.25) is 0 Å². The first-order chi connectivity index (χ1) is 8.19. The van der Waals surface area contributed by atoms with Crippen molar-refractivity contribution in [2.75, 3.05) is 13.2 Å². The summed E-state index contributed by atoms with van der Waals surface area (Å²) in [6.45, 7) is 0.715. The lowest BCUT2D eigenvalue weighted by Gasteiger charge is -2.13. The highest BCUT2D eigenvalue weighted by atomic mass is 16.5. The third kappa shape index (κ3) is 3.83. The molecule has 0 aromatic heterocycles. The number of allylic oxidation sites excluding steroid dienone is 2. The van der Waals surface area contributed by atoms with Crippen molar-refractivity contribution in [2.45, 2.75) is 0 Å². The molecule has 84 valence electrons. The van der Waals surface area contributed by atoms with E-state index < -0.39 is 5.92 Å². The van der Waals surface area contributed by atoms with E-state index >= 15 is 0 Å². The van der Waals surface area contributed by atoms with Gasteiger partial charge in [0.2, 0.25) is 0 Å². The first-order valence-corrected chi connectivity index (χ1v) is 4.85. The lowest BCUT2D eigenvalue weighted by Crippen LogP contribution is -2.09. The third-order valence-corrected chi connectivity index (χ3v) is 2.04. The van der Waals surface area contributed by atoms with Gasteiger partial charge in [-0.05, 0) is 23.3 Å². The molecular weight excluding hydrogens is 216 g/mol. The van der Waals surface area contributed by atoms with Crippen LogP contribution in [-0.4, -0.2) is 13.2 Å². The maximum absolute atomic E-state index is 8.65. The molecule has 0 aromatic carbocycles. The Labute approximate surface area is 99.3 Å². The molecule has 2 N–H and O–H groups in total. The zero-order valence-electron chi connectivity index (χ0n) is 9.05. The molecule has 1 aliphatic rings. The first kappa shape index (κ1) is 12.5. The van der Waals surface area contributed by atoms with E-state index in [0.717, 1.165) is 11.1 Å². The normalized spacial score (nSPS) is 18.1. The molecule has 0 fully saturated rings. The summed E-state index contributed by atoms with van der Waals surface area (Å²) in [7, 11) is 0. The van der Waals surface area contributed by atoms with Crippen LogP contribution < -0.4 is 5.73 Å². The Morgan fingerprint density at radius 1 is 1.35 bits per heavy atom. The molecule has 0 saturated carbocycles. The average molecular weight is 226 g/mol. The maximum Gasteiger partial charge on any atom is 0.152 e. The Morgan fingerprint density at radius 2 is 2.06 bits per heavy atom. The smallest absolute Gasteiger partial charge is 0.152 e. The zero-order chi connectivity index (χ0) is 12.7. The van der Waals surface area contributed by atoms with E-state index in [1.165, 1.54) is 12.2 Å². The molecule has 5 nitrogen and oxygen atoms in total. The molecule has 0 spiro atoms. The Bertz CT molecular complexity index is 494. The van der Waals surface area contributed by atoms with Gasteiger partial charge >= 0.3 is 0 Å². The van der Waals surface area contributed by atoms with Crippen molar-refractivity contribution in [3.8, 4) is 18.2 Å². The molecule has 0 radical (unpaired) electrons. The SMILES string of the molecule is N#C/C(N)=C/C1=CC(=C/C(C#N)C#N)/COC1. The molecule has 0 unspecified atom stereocenters. The van der Waals surface area contributed by atoms with Crippen LogP contribution in [-0.2, 0) is 4.74 Å². The van der Waals surface area contributed by atoms with E-state index in [1.54, 1.807) is 6.08 Å². The van der Waals surface area contributed by atoms with Gasteiger partial charge in [-0.3, -0.25) is 0 Å². The summed E-state index contributed by atoms with van der Waals surface area (Å²) in [5, 5.41) is 25.8. The number of rotatable bonds is 2. The van der Waals surface area contributed by atoms with Crippen molar-refractivity contribution in [3.05, 3.63) is 35.1 Å². The second-order valence-electron chi connectivity index (χ2n) is 3.40. The third-order valence-electron chi connectivity index (χ3n) is 2.04. The summed E-state index contributed by atoms with van der Waals surface area (Å²) in [6.07, 6.45) is 4.83. The highest BCUT2D eigenvalue weighted by Gasteiger charge is 2.09. The van der Waals surface area contributed by atoms with Crippen LogP contribution in [0.1, 0.15) is 0 Å². The van der Waals surface area contributed by atoms with E-state index in [1.807, 2.05) is 18.2 Å². The van der Waals surface area contributed by atoms with Gasteiger partial charge in [-0.25, -0.2) is 0 Å². The standard InChI is InChI=1S/C12H10N4O/c13-4-11(5-14)2-9-1-10(8-17-7-9)3-12(16)6-15/h1-3,11H,7-8,16H2/b9-2-,12-3-. The lowest BCUT2D eigenvalue weighted by molar-refractivity contribution is 0.176. The highest BCUT2D eigenvalue weighted by Crippen LogP contribution is 2.15. The van der Waals surface area contributed by atoms with Gasteiger partial charge in [0.1, 0.15) is 11.8 Å². The fraction of sp³-hybridized carbons (Fsp3) is 0.250. The molecule has 0 bridgehead atoms. The van der Waals surface area contributed by atoms with Gasteiger partial charge in [-0.2, -0.15) is 15.8 Å². The Hall–Kier alpha value is -2.55. The molecule has 0 aliphatic carbocycles. The van der Waals surface area contributed by atoms with Crippen molar-refractivity contribution in [1.29, 1.82) is 15.8 Å².